The van der Waals surface area contributed by atoms with Gasteiger partial charge in [-0.25, -0.2) is 13.4 Å². The number of aromatic nitrogens is 1. The van der Waals surface area contributed by atoms with Gasteiger partial charge >= 0.3 is 0 Å². The first-order valence-electron chi connectivity index (χ1n) is 8.29. The summed E-state index contributed by atoms with van der Waals surface area (Å²) in [5.74, 6) is -0.367. The Hall–Kier alpha value is -1.93. The first-order valence-corrected chi connectivity index (χ1v) is 11.0. The maximum absolute atomic E-state index is 12.6. The van der Waals surface area contributed by atoms with Gasteiger partial charge in [-0.2, -0.15) is 0 Å². The van der Waals surface area contributed by atoms with Crippen LogP contribution >= 0.6 is 11.3 Å². The normalized spacial score (nSPS) is 14.9. The molecule has 1 aliphatic carbocycles. The lowest BCUT2D eigenvalue weighted by Crippen LogP contribution is -2.17. The van der Waals surface area contributed by atoms with Crippen molar-refractivity contribution in [3.8, 4) is 0 Å². The number of nitrogens with zero attached hydrogens (tertiary/aromatic N) is 1. The highest BCUT2D eigenvalue weighted by atomic mass is 32.2. The van der Waals surface area contributed by atoms with Crippen molar-refractivity contribution in [3.63, 3.8) is 0 Å². The van der Waals surface area contributed by atoms with E-state index in [1.54, 1.807) is 24.3 Å². The molecule has 2 aromatic rings. The molecule has 3 rings (SSSR count). The number of anilines is 2. The summed E-state index contributed by atoms with van der Waals surface area (Å²) in [6.07, 6.45) is 7.77. The fraction of sp³-hybridized carbons (Fsp3) is 0.412. The lowest BCUT2D eigenvalue weighted by Gasteiger charge is -2.09. The summed E-state index contributed by atoms with van der Waals surface area (Å²) in [6.45, 7) is 0. The van der Waals surface area contributed by atoms with E-state index in [0.29, 0.717) is 5.13 Å². The minimum absolute atomic E-state index is 0.261. The van der Waals surface area contributed by atoms with Gasteiger partial charge < -0.3 is 0 Å². The minimum Gasteiger partial charge on any atom is -0.298 e. The third kappa shape index (κ3) is 4.79. The second kappa shape index (κ2) is 7.53. The fourth-order valence-corrected chi connectivity index (χ4v) is 4.52. The average Bonchev–Trinajstić information content (AvgIpc) is 2.87. The van der Waals surface area contributed by atoms with E-state index in [9.17, 15) is 13.2 Å². The molecule has 0 spiro atoms. The zero-order valence-electron chi connectivity index (χ0n) is 14.0. The van der Waals surface area contributed by atoms with Gasteiger partial charge in [0, 0.05) is 4.88 Å². The van der Waals surface area contributed by atoms with Crippen molar-refractivity contribution in [3.05, 3.63) is 40.4 Å². The lowest BCUT2D eigenvalue weighted by molar-refractivity contribution is 0.102. The number of hydrogen-bond acceptors (Lipinski definition) is 5. The summed E-state index contributed by atoms with van der Waals surface area (Å²) in [7, 11) is -3.46. The quantitative estimate of drug-likeness (QED) is 0.852. The number of thiazole rings is 1. The molecule has 25 heavy (non-hydrogen) atoms. The van der Waals surface area contributed by atoms with Crippen LogP contribution in [0.4, 0.5) is 10.8 Å². The molecule has 1 aliphatic rings. The number of benzene rings is 1. The molecule has 0 aliphatic heterocycles. The number of hydrogen-bond donors (Lipinski definition) is 2. The van der Waals surface area contributed by atoms with Gasteiger partial charge in [-0.05, 0) is 37.8 Å². The Labute approximate surface area is 151 Å². The van der Waals surface area contributed by atoms with Gasteiger partial charge in [-0.3, -0.25) is 14.8 Å². The van der Waals surface area contributed by atoms with E-state index < -0.39 is 10.0 Å². The summed E-state index contributed by atoms with van der Waals surface area (Å²) in [6, 6.07) is 6.53. The summed E-state index contributed by atoms with van der Waals surface area (Å²) < 4.78 is 25.3. The number of carbonyl (C=O) groups is 1. The Bertz CT molecular complexity index is 850. The molecule has 0 unspecified atom stereocenters. The molecule has 8 heteroatoms. The Morgan fingerprint density at radius 3 is 2.60 bits per heavy atom. The van der Waals surface area contributed by atoms with Gasteiger partial charge in [-0.15, -0.1) is 11.3 Å². The molecule has 1 aromatic heterocycles. The maximum atomic E-state index is 12.6. The third-order valence-corrected chi connectivity index (χ3v) is 5.70. The van der Waals surface area contributed by atoms with Crippen molar-refractivity contribution in [2.45, 2.75) is 38.5 Å². The second-order valence-electron chi connectivity index (χ2n) is 6.18. The van der Waals surface area contributed by atoms with Gasteiger partial charge in [0.2, 0.25) is 10.0 Å². The molecular weight excluding hydrogens is 358 g/mol. The van der Waals surface area contributed by atoms with Gasteiger partial charge in [0.1, 0.15) is 0 Å². The highest BCUT2D eigenvalue weighted by molar-refractivity contribution is 7.92. The highest BCUT2D eigenvalue weighted by Crippen LogP contribution is 2.29. The van der Waals surface area contributed by atoms with Gasteiger partial charge in [-0.1, -0.05) is 25.0 Å². The monoisotopic (exact) mass is 379 g/mol. The Morgan fingerprint density at radius 1 is 1.12 bits per heavy atom. The third-order valence-electron chi connectivity index (χ3n) is 4.03. The van der Waals surface area contributed by atoms with Crippen LogP contribution in [0.3, 0.4) is 0 Å². The zero-order chi connectivity index (χ0) is 17.9. The summed E-state index contributed by atoms with van der Waals surface area (Å²) in [5, 5.41) is 3.39. The topological polar surface area (TPSA) is 88.2 Å². The number of amides is 1. The standard InChI is InChI=1S/C17H21N3O3S2/c1-25(22,23)20-13-9-7-6-8-12(13)16(21)19-17-18-14-10-4-2-3-5-11-15(14)24-17/h6-9,20H,2-5,10-11H2,1H3,(H,18,19,21). The Balaban J connectivity index is 1.80. The van der Waals surface area contributed by atoms with Crippen molar-refractivity contribution in [2.75, 3.05) is 16.3 Å². The molecule has 1 aromatic carbocycles. The Morgan fingerprint density at radius 2 is 1.84 bits per heavy atom. The number of rotatable bonds is 4. The van der Waals surface area contributed by atoms with E-state index in [-0.39, 0.29) is 17.2 Å². The summed E-state index contributed by atoms with van der Waals surface area (Å²) >= 11 is 1.52. The van der Waals surface area contributed by atoms with E-state index in [2.05, 4.69) is 15.0 Å². The molecule has 0 atom stereocenters. The summed E-state index contributed by atoms with van der Waals surface area (Å²) in [4.78, 5) is 18.4. The van der Waals surface area contributed by atoms with Crippen LogP contribution in [0.2, 0.25) is 0 Å². The number of aryl methyl sites for hydroxylation is 2. The van der Waals surface area contributed by atoms with Gasteiger partial charge in [0.05, 0.1) is 23.2 Å². The zero-order valence-corrected chi connectivity index (χ0v) is 15.7. The number of fused-ring (bicyclic) bond motifs is 1. The molecule has 134 valence electrons. The first kappa shape index (κ1) is 17.9. The summed E-state index contributed by atoms with van der Waals surface area (Å²) in [5.41, 5.74) is 1.62. The number of carbonyl (C=O) groups excluding carboxylic acids is 1. The first-order chi connectivity index (χ1) is 11.9. The van der Waals surface area contributed by atoms with Crippen LogP contribution in [0.5, 0.6) is 0 Å². The second-order valence-corrected chi connectivity index (χ2v) is 9.01. The van der Waals surface area contributed by atoms with E-state index in [4.69, 9.17) is 0 Å². The van der Waals surface area contributed by atoms with Gasteiger partial charge in [0.25, 0.3) is 5.91 Å². The molecule has 0 fully saturated rings. The molecule has 0 saturated heterocycles. The van der Waals surface area contributed by atoms with E-state index in [1.165, 1.54) is 29.1 Å². The van der Waals surface area contributed by atoms with Crippen molar-refractivity contribution in [2.24, 2.45) is 0 Å². The van der Waals surface area contributed by atoms with Crippen LogP contribution in [-0.4, -0.2) is 25.6 Å². The molecule has 0 bridgehead atoms. The van der Waals surface area contributed by atoms with Crippen molar-refractivity contribution in [1.29, 1.82) is 0 Å². The number of sulfonamides is 1. The van der Waals surface area contributed by atoms with Crippen LogP contribution in [-0.2, 0) is 22.9 Å². The number of para-hydroxylation sites is 1. The van der Waals surface area contributed by atoms with Gasteiger partial charge in [0.15, 0.2) is 5.13 Å². The van der Waals surface area contributed by atoms with Crippen LogP contribution in [0.1, 0.15) is 46.6 Å². The van der Waals surface area contributed by atoms with Crippen LogP contribution in [0.25, 0.3) is 0 Å². The molecular formula is C17H21N3O3S2. The van der Waals surface area contributed by atoms with Crippen LogP contribution in [0, 0.1) is 0 Å². The minimum atomic E-state index is -3.46. The van der Waals surface area contributed by atoms with Crippen molar-refractivity contribution < 1.29 is 13.2 Å². The molecule has 0 saturated carbocycles. The number of nitrogens with one attached hydrogen (secondary N) is 2. The molecule has 1 amide bonds. The van der Waals surface area contributed by atoms with E-state index in [0.717, 1.165) is 37.6 Å². The highest BCUT2D eigenvalue weighted by Gasteiger charge is 2.18. The molecule has 1 heterocycles. The SMILES string of the molecule is CS(=O)(=O)Nc1ccccc1C(=O)Nc1nc2c(s1)CCCCCC2. The Kier molecular flexibility index (Phi) is 5.39. The molecule has 0 radical (unpaired) electrons. The fourth-order valence-electron chi connectivity index (χ4n) is 2.89. The largest absolute Gasteiger partial charge is 0.298 e. The smallest absolute Gasteiger partial charge is 0.259 e. The maximum Gasteiger partial charge on any atom is 0.259 e. The molecule has 6 nitrogen and oxygen atoms in total. The van der Waals surface area contributed by atoms with Crippen LogP contribution in [0.15, 0.2) is 24.3 Å². The van der Waals surface area contributed by atoms with Crippen LogP contribution < -0.4 is 10.0 Å². The predicted octanol–water partition coefficient (Wildman–Crippen LogP) is 3.43. The van der Waals surface area contributed by atoms with E-state index in [1.807, 2.05) is 0 Å². The molecule has 2 N–H and O–H groups in total. The average molecular weight is 380 g/mol. The van der Waals surface area contributed by atoms with Crippen molar-refractivity contribution >= 4 is 38.1 Å². The van der Waals surface area contributed by atoms with E-state index >= 15 is 0 Å². The lowest BCUT2D eigenvalue weighted by atomic mass is 10.0. The van der Waals surface area contributed by atoms with Crippen molar-refractivity contribution in [1.82, 2.24) is 4.98 Å². The predicted molar refractivity (Wildman–Crippen MR) is 101 cm³/mol.